The number of aromatic hydroxyl groups is 1. The SMILES string of the molecule is Oc1cccc(C2CCCO2)c1. The van der Waals surface area contributed by atoms with Gasteiger partial charge >= 0.3 is 0 Å². The van der Waals surface area contributed by atoms with Gasteiger partial charge in [-0.2, -0.15) is 0 Å². The Bertz CT molecular complexity index is 264. The van der Waals surface area contributed by atoms with Crippen LogP contribution in [0.25, 0.3) is 0 Å². The summed E-state index contributed by atoms with van der Waals surface area (Å²) >= 11 is 0. The molecule has 1 aliphatic heterocycles. The molecule has 1 aromatic carbocycles. The molecular formula is C10H12O2. The fourth-order valence-corrected chi connectivity index (χ4v) is 1.57. The first-order chi connectivity index (χ1) is 5.86. The van der Waals surface area contributed by atoms with E-state index in [0.717, 1.165) is 25.0 Å². The average molecular weight is 164 g/mol. The van der Waals surface area contributed by atoms with Crippen LogP contribution in [0.2, 0.25) is 0 Å². The van der Waals surface area contributed by atoms with Crippen molar-refractivity contribution in [2.45, 2.75) is 18.9 Å². The number of ether oxygens (including phenoxy) is 1. The molecule has 1 unspecified atom stereocenters. The first kappa shape index (κ1) is 7.62. The maximum absolute atomic E-state index is 9.22. The van der Waals surface area contributed by atoms with Gasteiger partial charge in [-0.25, -0.2) is 0 Å². The summed E-state index contributed by atoms with van der Waals surface area (Å²) in [6.07, 6.45) is 2.40. The lowest BCUT2D eigenvalue weighted by molar-refractivity contribution is 0.112. The van der Waals surface area contributed by atoms with Crippen molar-refractivity contribution >= 4 is 0 Å². The molecule has 0 saturated carbocycles. The minimum Gasteiger partial charge on any atom is -0.508 e. The highest BCUT2D eigenvalue weighted by molar-refractivity contribution is 5.28. The zero-order chi connectivity index (χ0) is 8.39. The Hall–Kier alpha value is -1.02. The van der Waals surface area contributed by atoms with Gasteiger partial charge in [-0.15, -0.1) is 0 Å². The Morgan fingerprint density at radius 2 is 2.33 bits per heavy atom. The van der Waals surface area contributed by atoms with Gasteiger partial charge in [0.2, 0.25) is 0 Å². The van der Waals surface area contributed by atoms with E-state index in [4.69, 9.17) is 4.74 Å². The summed E-state index contributed by atoms with van der Waals surface area (Å²) < 4.78 is 5.48. The van der Waals surface area contributed by atoms with Crippen LogP contribution >= 0.6 is 0 Å². The number of benzene rings is 1. The van der Waals surface area contributed by atoms with Crippen molar-refractivity contribution in [3.63, 3.8) is 0 Å². The normalized spacial score (nSPS) is 22.8. The molecule has 1 aliphatic rings. The monoisotopic (exact) mass is 164 g/mol. The van der Waals surface area contributed by atoms with Crippen molar-refractivity contribution in [1.29, 1.82) is 0 Å². The summed E-state index contributed by atoms with van der Waals surface area (Å²) in [6, 6.07) is 7.30. The van der Waals surface area contributed by atoms with Gasteiger partial charge in [0.15, 0.2) is 0 Å². The molecule has 2 rings (SSSR count). The third-order valence-corrected chi connectivity index (χ3v) is 2.17. The fraction of sp³-hybridized carbons (Fsp3) is 0.400. The number of rotatable bonds is 1. The molecule has 0 radical (unpaired) electrons. The summed E-state index contributed by atoms with van der Waals surface area (Å²) in [7, 11) is 0. The molecule has 1 heterocycles. The van der Waals surface area contributed by atoms with E-state index in [2.05, 4.69) is 0 Å². The molecule has 0 bridgehead atoms. The zero-order valence-electron chi connectivity index (χ0n) is 6.86. The Kier molecular flexibility index (Phi) is 2.00. The molecule has 1 atom stereocenters. The van der Waals surface area contributed by atoms with Crippen LogP contribution in [0.1, 0.15) is 24.5 Å². The third kappa shape index (κ3) is 1.43. The molecule has 0 aromatic heterocycles. The maximum Gasteiger partial charge on any atom is 0.115 e. The first-order valence-corrected chi connectivity index (χ1v) is 4.27. The second-order valence-corrected chi connectivity index (χ2v) is 3.10. The summed E-state index contributed by atoms with van der Waals surface area (Å²) in [4.78, 5) is 0. The number of hydrogen-bond donors (Lipinski definition) is 1. The lowest BCUT2D eigenvalue weighted by atomic mass is 10.1. The Morgan fingerprint density at radius 1 is 1.42 bits per heavy atom. The minimum atomic E-state index is 0.206. The Morgan fingerprint density at radius 3 is 3.00 bits per heavy atom. The summed E-state index contributed by atoms with van der Waals surface area (Å²) in [5.41, 5.74) is 1.09. The first-order valence-electron chi connectivity index (χ1n) is 4.27. The van der Waals surface area contributed by atoms with Gasteiger partial charge < -0.3 is 9.84 Å². The van der Waals surface area contributed by atoms with Crippen LogP contribution in [0.5, 0.6) is 5.75 Å². The number of hydrogen-bond acceptors (Lipinski definition) is 2. The molecular weight excluding hydrogens is 152 g/mol. The molecule has 2 nitrogen and oxygen atoms in total. The molecule has 1 saturated heterocycles. The Labute approximate surface area is 71.8 Å². The average Bonchev–Trinajstić information content (AvgIpc) is 2.56. The van der Waals surface area contributed by atoms with Gasteiger partial charge in [0.05, 0.1) is 6.10 Å². The summed E-state index contributed by atoms with van der Waals surface area (Å²) in [6.45, 7) is 0.848. The van der Waals surface area contributed by atoms with E-state index in [1.807, 2.05) is 12.1 Å². The molecule has 0 aliphatic carbocycles. The number of phenols is 1. The largest absolute Gasteiger partial charge is 0.508 e. The molecule has 2 heteroatoms. The van der Waals surface area contributed by atoms with E-state index < -0.39 is 0 Å². The van der Waals surface area contributed by atoms with E-state index in [1.54, 1.807) is 12.1 Å². The summed E-state index contributed by atoms with van der Waals surface area (Å²) in [5.74, 6) is 0.322. The predicted molar refractivity (Wildman–Crippen MR) is 46.0 cm³/mol. The highest BCUT2D eigenvalue weighted by Crippen LogP contribution is 2.29. The van der Waals surface area contributed by atoms with Gasteiger partial charge in [0.25, 0.3) is 0 Å². The van der Waals surface area contributed by atoms with Crippen LogP contribution in [-0.2, 0) is 4.74 Å². The second-order valence-electron chi connectivity index (χ2n) is 3.10. The fourth-order valence-electron chi connectivity index (χ4n) is 1.57. The van der Waals surface area contributed by atoms with Gasteiger partial charge in [0.1, 0.15) is 5.75 Å². The van der Waals surface area contributed by atoms with E-state index >= 15 is 0 Å². The van der Waals surface area contributed by atoms with Crippen LogP contribution in [0.4, 0.5) is 0 Å². The van der Waals surface area contributed by atoms with Gasteiger partial charge in [-0.1, -0.05) is 12.1 Å². The van der Waals surface area contributed by atoms with Gasteiger partial charge in [-0.05, 0) is 30.5 Å². The van der Waals surface area contributed by atoms with E-state index in [9.17, 15) is 5.11 Å². The third-order valence-electron chi connectivity index (χ3n) is 2.17. The molecule has 64 valence electrons. The van der Waals surface area contributed by atoms with Crippen molar-refractivity contribution in [3.8, 4) is 5.75 Å². The van der Waals surface area contributed by atoms with E-state index in [1.165, 1.54) is 0 Å². The van der Waals surface area contributed by atoms with Gasteiger partial charge in [0, 0.05) is 6.61 Å². The summed E-state index contributed by atoms with van der Waals surface area (Å²) in [5, 5.41) is 9.22. The van der Waals surface area contributed by atoms with Crippen molar-refractivity contribution in [2.75, 3.05) is 6.61 Å². The van der Waals surface area contributed by atoms with Crippen LogP contribution < -0.4 is 0 Å². The number of phenolic OH excluding ortho intramolecular Hbond substituents is 1. The molecule has 0 spiro atoms. The van der Waals surface area contributed by atoms with Crippen LogP contribution in [-0.4, -0.2) is 11.7 Å². The van der Waals surface area contributed by atoms with Crippen molar-refractivity contribution < 1.29 is 9.84 Å². The van der Waals surface area contributed by atoms with Gasteiger partial charge in [-0.3, -0.25) is 0 Å². The van der Waals surface area contributed by atoms with E-state index in [0.29, 0.717) is 5.75 Å². The second kappa shape index (κ2) is 3.15. The van der Waals surface area contributed by atoms with Crippen molar-refractivity contribution in [2.24, 2.45) is 0 Å². The van der Waals surface area contributed by atoms with Crippen LogP contribution in [0.15, 0.2) is 24.3 Å². The zero-order valence-corrected chi connectivity index (χ0v) is 6.86. The molecule has 1 aromatic rings. The molecule has 0 amide bonds. The maximum atomic E-state index is 9.22. The lowest BCUT2D eigenvalue weighted by Crippen LogP contribution is -1.94. The van der Waals surface area contributed by atoms with Crippen LogP contribution in [0.3, 0.4) is 0 Å². The topological polar surface area (TPSA) is 29.5 Å². The lowest BCUT2D eigenvalue weighted by Gasteiger charge is -2.08. The van der Waals surface area contributed by atoms with Crippen LogP contribution in [0, 0.1) is 0 Å². The standard InChI is InChI=1S/C10H12O2/c11-9-4-1-3-8(7-9)10-5-2-6-12-10/h1,3-4,7,10-11H,2,5-6H2. The molecule has 1 N–H and O–H groups in total. The Balaban J connectivity index is 2.21. The quantitative estimate of drug-likeness (QED) is 0.689. The smallest absolute Gasteiger partial charge is 0.115 e. The van der Waals surface area contributed by atoms with E-state index in [-0.39, 0.29) is 6.10 Å². The molecule has 1 fully saturated rings. The van der Waals surface area contributed by atoms with Crippen molar-refractivity contribution in [3.05, 3.63) is 29.8 Å². The predicted octanol–water partition coefficient (Wildman–Crippen LogP) is 2.24. The molecule has 12 heavy (non-hydrogen) atoms. The highest BCUT2D eigenvalue weighted by Gasteiger charge is 2.17. The highest BCUT2D eigenvalue weighted by atomic mass is 16.5. The minimum absolute atomic E-state index is 0.206. The van der Waals surface area contributed by atoms with Crippen molar-refractivity contribution in [1.82, 2.24) is 0 Å².